The predicted molar refractivity (Wildman–Crippen MR) is 71.9 cm³/mol. The van der Waals surface area contributed by atoms with Crippen molar-refractivity contribution in [1.82, 2.24) is 4.98 Å². The Morgan fingerprint density at radius 2 is 2.00 bits per heavy atom. The van der Waals surface area contributed by atoms with Crippen LogP contribution in [-0.2, 0) is 0 Å². The molecule has 0 N–H and O–H groups in total. The number of benzene rings is 1. The summed E-state index contributed by atoms with van der Waals surface area (Å²) in [5.74, 6) is 0. The van der Waals surface area contributed by atoms with Gasteiger partial charge in [0.05, 0.1) is 11.6 Å². The first-order chi connectivity index (χ1) is 8.29. The first-order valence-corrected chi connectivity index (χ1v) is 5.86. The SMILES string of the molecule is N#CC(=Cc1cccnc1)c1ccc(Br)cc1. The molecule has 0 aliphatic rings. The molecule has 3 heteroatoms. The van der Waals surface area contributed by atoms with Crippen molar-refractivity contribution in [2.24, 2.45) is 0 Å². The number of halogens is 1. The van der Waals surface area contributed by atoms with Gasteiger partial charge in [-0.05, 0) is 35.4 Å². The van der Waals surface area contributed by atoms with Crippen molar-refractivity contribution in [2.75, 3.05) is 0 Å². The van der Waals surface area contributed by atoms with E-state index in [0.29, 0.717) is 5.57 Å². The lowest BCUT2D eigenvalue weighted by Crippen LogP contribution is -1.82. The van der Waals surface area contributed by atoms with Gasteiger partial charge in [0.2, 0.25) is 0 Å². The molecule has 0 aliphatic carbocycles. The minimum absolute atomic E-state index is 0.630. The van der Waals surface area contributed by atoms with Gasteiger partial charge in [0.1, 0.15) is 0 Å². The van der Waals surface area contributed by atoms with Crippen LogP contribution in [0.15, 0.2) is 53.3 Å². The van der Waals surface area contributed by atoms with Crippen LogP contribution in [0.25, 0.3) is 11.6 Å². The standard InChI is InChI=1S/C14H9BrN2/c15-14-5-3-12(4-6-14)13(9-16)8-11-2-1-7-17-10-11/h1-8,10H. The highest BCUT2D eigenvalue weighted by molar-refractivity contribution is 9.10. The van der Waals surface area contributed by atoms with Crippen LogP contribution in [0.2, 0.25) is 0 Å². The fraction of sp³-hybridized carbons (Fsp3) is 0. The second kappa shape index (κ2) is 5.42. The average molecular weight is 285 g/mol. The summed E-state index contributed by atoms with van der Waals surface area (Å²) >= 11 is 3.37. The second-order valence-corrected chi connectivity index (χ2v) is 4.38. The molecule has 2 nitrogen and oxygen atoms in total. The number of allylic oxidation sites excluding steroid dienone is 1. The minimum atomic E-state index is 0.630. The van der Waals surface area contributed by atoms with Crippen molar-refractivity contribution in [1.29, 1.82) is 5.26 Å². The van der Waals surface area contributed by atoms with Crippen LogP contribution in [0.5, 0.6) is 0 Å². The van der Waals surface area contributed by atoms with Crippen molar-refractivity contribution in [3.05, 3.63) is 64.4 Å². The Morgan fingerprint density at radius 3 is 2.59 bits per heavy atom. The van der Waals surface area contributed by atoms with Crippen LogP contribution in [-0.4, -0.2) is 4.98 Å². The average Bonchev–Trinajstić information content (AvgIpc) is 2.38. The molecule has 1 aromatic carbocycles. The van der Waals surface area contributed by atoms with Gasteiger partial charge in [-0.1, -0.05) is 34.1 Å². The first kappa shape index (κ1) is 11.6. The third-order valence-corrected chi connectivity index (χ3v) is 2.80. The zero-order chi connectivity index (χ0) is 12.1. The van der Waals surface area contributed by atoms with Gasteiger partial charge in [-0.25, -0.2) is 0 Å². The molecule has 0 aliphatic heterocycles. The molecule has 0 spiro atoms. The predicted octanol–water partition coefficient (Wildman–Crippen LogP) is 3.91. The van der Waals surface area contributed by atoms with Gasteiger partial charge in [0, 0.05) is 16.9 Å². The number of nitriles is 1. The van der Waals surface area contributed by atoms with E-state index in [1.807, 2.05) is 42.5 Å². The van der Waals surface area contributed by atoms with Crippen LogP contribution < -0.4 is 0 Å². The number of hydrogen-bond acceptors (Lipinski definition) is 2. The van der Waals surface area contributed by atoms with Gasteiger partial charge in [0.15, 0.2) is 0 Å². The van der Waals surface area contributed by atoms with Crippen molar-refractivity contribution in [3.8, 4) is 6.07 Å². The fourth-order valence-electron chi connectivity index (χ4n) is 1.44. The lowest BCUT2D eigenvalue weighted by molar-refractivity contribution is 1.32. The van der Waals surface area contributed by atoms with Gasteiger partial charge in [-0.3, -0.25) is 4.98 Å². The maximum absolute atomic E-state index is 9.16. The fourth-order valence-corrected chi connectivity index (χ4v) is 1.70. The number of nitrogens with zero attached hydrogens (tertiary/aromatic N) is 2. The molecular weight excluding hydrogens is 276 g/mol. The van der Waals surface area contributed by atoms with Crippen LogP contribution in [0.4, 0.5) is 0 Å². The molecule has 0 radical (unpaired) electrons. The van der Waals surface area contributed by atoms with Crippen LogP contribution in [0.1, 0.15) is 11.1 Å². The van der Waals surface area contributed by atoms with Gasteiger partial charge in [0.25, 0.3) is 0 Å². The highest BCUT2D eigenvalue weighted by Crippen LogP contribution is 2.19. The zero-order valence-electron chi connectivity index (χ0n) is 8.97. The van der Waals surface area contributed by atoms with Gasteiger partial charge < -0.3 is 0 Å². The summed E-state index contributed by atoms with van der Waals surface area (Å²) in [6.45, 7) is 0. The molecule has 82 valence electrons. The largest absolute Gasteiger partial charge is 0.264 e. The number of aromatic nitrogens is 1. The Bertz CT molecular complexity index is 565. The lowest BCUT2D eigenvalue weighted by atomic mass is 10.1. The smallest absolute Gasteiger partial charge is 0.0998 e. The van der Waals surface area contributed by atoms with E-state index in [1.54, 1.807) is 12.4 Å². The molecular formula is C14H9BrN2. The molecule has 0 fully saturated rings. The van der Waals surface area contributed by atoms with Gasteiger partial charge in [-0.15, -0.1) is 0 Å². The van der Waals surface area contributed by atoms with E-state index in [1.165, 1.54) is 0 Å². The molecule has 2 aromatic rings. The highest BCUT2D eigenvalue weighted by Gasteiger charge is 2.00. The second-order valence-electron chi connectivity index (χ2n) is 3.46. The summed E-state index contributed by atoms with van der Waals surface area (Å²) in [4.78, 5) is 4.02. The van der Waals surface area contributed by atoms with Gasteiger partial charge in [-0.2, -0.15) is 5.26 Å². The van der Waals surface area contributed by atoms with Crippen LogP contribution in [0.3, 0.4) is 0 Å². The minimum Gasteiger partial charge on any atom is -0.264 e. The summed E-state index contributed by atoms with van der Waals surface area (Å²) < 4.78 is 1.000. The van der Waals surface area contributed by atoms with E-state index >= 15 is 0 Å². The van der Waals surface area contributed by atoms with E-state index in [9.17, 15) is 0 Å². The van der Waals surface area contributed by atoms with E-state index in [0.717, 1.165) is 15.6 Å². The van der Waals surface area contributed by atoms with E-state index in [4.69, 9.17) is 5.26 Å². The third-order valence-electron chi connectivity index (χ3n) is 2.27. The molecule has 17 heavy (non-hydrogen) atoms. The topological polar surface area (TPSA) is 36.7 Å². The zero-order valence-corrected chi connectivity index (χ0v) is 10.6. The molecule has 2 rings (SSSR count). The molecule has 0 saturated heterocycles. The van der Waals surface area contributed by atoms with Crippen molar-refractivity contribution >= 4 is 27.6 Å². The summed E-state index contributed by atoms with van der Waals surface area (Å²) in [6.07, 6.45) is 5.27. The van der Waals surface area contributed by atoms with Crippen LogP contribution in [0, 0.1) is 11.3 Å². The Hall–Kier alpha value is -1.92. The summed E-state index contributed by atoms with van der Waals surface area (Å²) in [5.41, 5.74) is 2.46. The molecule has 1 heterocycles. The monoisotopic (exact) mass is 284 g/mol. The van der Waals surface area contributed by atoms with Crippen molar-refractivity contribution < 1.29 is 0 Å². The Labute approximate surface area is 108 Å². The van der Waals surface area contributed by atoms with Gasteiger partial charge >= 0.3 is 0 Å². The summed E-state index contributed by atoms with van der Waals surface area (Å²) in [6, 6.07) is 13.6. The third kappa shape index (κ3) is 3.02. The lowest BCUT2D eigenvalue weighted by Gasteiger charge is -1.99. The number of pyridine rings is 1. The van der Waals surface area contributed by atoms with E-state index in [2.05, 4.69) is 27.0 Å². The normalized spacial score (nSPS) is 10.9. The van der Waals surface area contributed by atoms with Crippen LogP contribution >= 0.6 is 15.9 Å². The van der Waals surface area contributed by atoms with Crippen molar-refractivity contribution in [3.63, 3.8) is 0 Å². The molecule has 0 unspecified atom stereocenters. The quantitative estimate of drug-likeness (QED) is 0.784. The van der Waals surface area contributed by atoms with Crippen molar-refractivity contribution in [2.45, 2.75) is 0 Å². The van der Waals surface area contributed by atoms with E-state index in [-0.39, 0.29) is 0 Å². The molecule has 0 amide bonds. The summed E-state index contributed by atoms with van der Waals surface area (Å²) in [5, 5.41) is 9.16. The maximum atomic E-state index is 9.16. The highest BCUT2D eigenvalue weighted by atomic mass is 79.9. The Kier molecular flexibility index (Phi) is 3.69. The first-order valence-electron chi connectivity index (χ1n) is 5.07. The molecule has 1 aromatic heterocycles. The Morgan fingerprint density at radius 1 is 1.24 bits per heavy atom. The summed E-state index contributed by atoms with van der Waals surface area (Å²) in [7, 11) is 0. The maximum Gasteiger partial charge on any atom is 0.0998 e. The number of rotatable bonds is 2. The molecule has 0 bridgehead atoms. The Balaban J connectivity index is 2.38. The number of hydrogen-bond donors (Lipinski definition) is 0. The molecule has 0 atom stereocenters. The molecule has 0 saturated carbocycles. The van der Waals surface area contributed by atoms with E-state index < -0.39 is 0 Å².